The Kier molecular flexibility index (Phi) is 4.90. The van der Waals surface area contributed by atoms with Crippen molar-refractivity contribution in [2.24, 2.45) is 0 Å². The van der Waals surface area contributed by atoms with Gasteiger partial charge in [-0.1, -0.05) is 6.07 Å². The number of nitrogens with one attached hydrogen (secondary N) is 2. The van der Waals surface area contributed by atoms with Crippen LogP contribution < -0.4 is 15.4 Å². The van der Waals surface area contributed by atoms with E-state index in [1.165, 1.54) is 19.2 Å². The van der Waals surface area contributed by atoms with Crippen molar-refractivity contribution < 1.29 is 13.9 Å². The van der Waals surface area contributed by atoms with E-state index in [4.69, 9.17) is 4.74 Å². The summed E-state index contributed by atoms with van der Waals surface area (Å²) in [5.41, 5.74) is 0.817. The first-order valence-corrected chi connectivity index (χ1v) is 5.38. The molecule has 0 saturated heterocycles. The summed E-state index contributed by atoms with van der Waals surface area (Å²) >= 11 is 0. The zero-order valence-electron chi connectivity index (χ0n) is 10.2. The molecular formula is C12H17FN2O2. The Hall–Kier alpha value is -1.62. The number of benzene rings is 1. The summed E-state index contributed by atoms with van der Waals surface area (Å²) < 4.78 is 18.4. The van der Waals surface area contributed by atoms with E-state index in [1.54, 1.807) is 13.1 Å². The third-order valence-corrected chi connectivity index (χ3v) is 2.51. The normalized spacial score (nSPS) is 12.0. The lowest BCUT2D eigenvalue weighted by atomic mass is 10.1. The molecule has 1 rings (SSSR count). The minimum atomic E-state index is -0.385. The SMILES string of the molecule is CNC(=O)COc1cc(F)ccc1C(C)NC. The highest BCUT2D eigenvalue weighted by Crippen LogP contribution is 2.25. The Morgan fingerprint density at radius 3 is 2.76 bits per heavy atom. The molecule has 1 amide bonds. The molecule has 0 aromatic heterocycles. The van der Waals surface area contributed by atoms with E-state index in [0.29, 0.717) is 5.75 Å². The number of rotatable bonds is 5. The molecule has 1 unspecified atom stereocenters. The van der Waals surface area contributed by atoms with Gasteiger partial charge in [0.2, 0.25) is 0 Å². The van der Waals surface area contributed by atoms with Crippen LogP contribution in [0.5, 0.6) is 5.75 Å². The summed E-state index contributed by atoms with van der Waals surface area (Å²) in [5, 5.41) is 5.48. The van der Waals surface area contributed by atoms with Gasteiger partial charge in [-0.3, -0.25) is 4.79 Å². The Balaban J connectivity index is 2.87. The Morgan fingerprint density at radius 2 is 2.18 bits per heavy atom. The molecule has 4 nitrogen and oxygen atoms in total. The molecule has 0 fully saturated rings. The van der Waals surface area contributed by atoms with Gasteiger partial charge in [-0.05, 0) is 20.0 Å². The van der Waals surface area contributed by atoms with Crippen molar-refractivity contribution >= 4 is 5.91 Å². The molecule has 0 radical (unpaired) electrons. The van der Waals surface area contributed by atoms with Gasteiger partial charge in [0, 0.05) is 24.7 Å². The highest BCUT2D eigenvalue weighted by atomic mass is 19.1. The molecule has 0 heterocycles. The number of hydrogen-bond donors (Lipinski definition) is 2. The third kappa shape index (κ3) is 3.71. The minimum absolute atomic E-state index is 0.0234. The summed E-state index contributed by atoms with van der Waals surface area (Å²) in [6.07, 6.45) is 0. The zero-order valence-corrected chi connectivity index (χ0v) is 10.2. The van der Waals surface area contributed by atoms with E-state index in [9.17, 15) is 9.18 Å². The summed E-state index contributed by atoms with van der Waals surface area (Å²) in [5.74, 6) is -0.253. The minimum Gasteiger partial charge on any atom is -0.483 e. The summed E-state index contributed by atoms with van der Waals surface area (Å²) in [7, 11) is 3.32. The largest absolute Gasteiger partial charge is 0.483 e. The van der Waals surface area contributed by atoms with Gasteiger partial charge < -0.3 is 15.4 Å². The van der Waals surface area contributed by atoms with E-state index in [2.05, 4.69) is 10.6 Å². The summed E-state index contributed by atoms with van der Waals surface area (Å²) in [6.45, 7) is 1.81. The number of ether oxygens (including phenoxy) is 1. The van der Waals surface area contributed by atoms with Crippen molar-refractivity contribution in [3.63, 3.8) is 0 Å². The van der Waals surface area contributed by atoms with E-state index in [-0.39, 0.29) is 24.4 Å². The van der Waals surface area contributed by atoms with Gasteiger partial charge in [0.1, 0.15) is 11.6 Å². The molecule has 2 N–H and O–H groups in total. The van der Waals surface area contributed by atoms with Crippen LogP contribution in [0.25, 0.3) is 0 Å². The van der Waals surface area contributed by atoms with Crippen LogP contribution in [0, 0.1) is 5.82 Å². The van der Waals surface area contributed by atoms with E-state index < -0.39 is 0 Å². The third-order valence-electron chi connectivity index (χ3n) is 2.51. The summed E-state index contributed by atoms with van der Waals surface area (Å²) in [6, 6.07) is 4.33. The van der Waals surface area contributed by atoms with Crippen LogP contribution in [-0.4, -0.2) is 26.6 Å². The fourth-order valence-electron chi connectivity index (χ4n) is 1.36. The maximum atomic E-state index is 13.1. The van der Waals surface area contributed by atoms with E-state index >= 15 is 0 Å². The topological polar surface area (TPSA) is 50.4 Å². The van der Waals surface area contributed by atoms with Crippen LogP contribution in [0.2, 0.25) is 0 Å². The molecule has 5 heteroatoms. The first kappa shape index (κ1) is 13.4. The fraction of sp³-hybridized carbons (Fsp3) is 0.417. The Bertz CT molecular complexity index is 396. The predicted octanol–water partition coefficient (Wildman–Crippen LogP) is 1.23. The van der Waals surface area contributed by atoms with Gasteiger partial charge in [0.25, 0.3) is 5.91 Å². The fourth-order valence-corrected chi connectivity index (χ4v) is 1.36. The lowest BCUT2D eigenvalue weighted by Gasteiger charge is -2.16. The van der Waals surface area contributed by atoms with E-state index in [0.717, 1.165) is 5.56 Å². The number of amides is 1. The summed E-state index contributed by atoms with van der Waals surface area (Å²) in [4.78, 5) is 11.1. The van der Waals surface area contributed by atoms with Crippen LogP contribution in [0.15, 0.2) is 18.2 Å². The van der Waals surface area contributed by atoms with Crippen molar-refractivity contribution in [2.45, 2.75) is 13.0 Å². The number of carbonyl (C=O) groups is 1. The molecule has 17 heavy (non-hydrogen) atoms. The first-order valence-electron chi connectivity index (χ1n) is 5.38. The average molecular weight is 240 g/mol. The van der Waals surface area contributed by atoms with Crippen molar-refractivity contribution in [3.8, 4) is 5.75 Å². The van der Waals surface area contributed by atoms with Crippen LogP contribution in [0.1, 0.15) is 18.5 Å². The molecule has 0 saturated carbocycles. The molecule has 0 aliphatic heterocycles. The standard InChI is InChI=1S/C12H17FN2O2/c1-8(14-2)10-5-4-9(13)6-11(10)17-7-12(16)15-3/h4-6,8,14H,7H2,1-3H3,(H,15,16). The maximum Gasteiger partial charge on any atom is 0.257 e. The second-order valence-corrected chi connectivity index (χ2v) is 3.65. The van der Waals surface area contributed by atoms with Gasteiger partial charge in [-0.25, -0.2) is 4.39 Å². The van der Waals surface area contributed by atoms with Crippen LogP contribution in [0.3, 0.4) is 0 Å². The Morgan fingerprint density at radius 1 is 1.47 bits per heavy atom. The molecule has 1 aromatic carbocycles. The van der Waals surface area contributed by atoms with Crippen LogP contribution >= 0.6 is 0 Å². The van der Waals surface area contributed by atoms with Crippen molar-refractivity contribution in [1.29, 1.82) is 0 Å². The number of hydrogen-bond acceptors (Lipinski definition) is 3. The van der Waals surface area contributed by atoms with Gasteiger partial charge in [-0.15, -0.1) is 0 Å². The number of carbonyl (C=O) groups excluding carboxylic acids is 1. The van der Waals surface area contributed by atoms with Gasteiger partial charge in [-0.2, -0.15) is 0 Å². The molecule has 1 aromatic rings. The number of likely N-dealkylation sites (N-methyl/N-ethyl adjacent to an activating group) is 1. The highest BCUT2D eigenvalue weighted by molar-refractivity contribution is 5.77. The molecule has 94 valence electrons. The second-order valence-electron chi connectivity index (χ2n) is 3.65. The predicted molar refractivity (Wildman–Crippen MR) is 63.4 cm³/mol. The quantitative estimate of drug-likeness (QED) is 0.814. The smallest absolute Gasteiger partial charge is 0.257 e. The second kappa shape index (κ2) is 6.20. The van der Waals surface area contributed by atoms with Gasteiger partial charge in [0.05, 0.1) is 0 Å². The van der Waals surface area contributed by atoms with Crippen molar-refractivity contribution in [1.82, 2.24) is 10.6 Å². The molecule has 0 spiro atoms. The monoisotopic (exact) mass is 240 g/mol. The molecule has 0 bridgehead atoms. The zero-order chi connectivity index (χ0) is 12.8. The van der Waals surface area contributed by atoms with E-state index in [1.807, 2.05) is 6.92 Å². The van der Waals surface area contributed by atoms with Crippen LogP contribution in [-0.2, 0) is 4.79 Å². The molecule has 1 atom stereocenters. The van der Waals surface area contributed by atoms with Crippen LogP contribution in [0.4, 0.5) is 4.39 Å². The first-order chi connectivity index (χ1) is 8.08. The van der Waals surface area contributed by atoms with Gasteiger partial charge >= 0.3 is 0 Å². The molecular weight excluding hydrogens is 223 g/mol. The van der Waals surface area contributed by atoms with Gasteiger partial charge in [0.15, 0.2) is 6.61 Å². The maximum absolute atomic E-state index is 13.1. The number of halogens is 1. The Labute approximate surface area is 100 Å². The lowest BCUT2D eigenvalue weighted by molar-refractivity contribution is -0.122. The van der Waals surface area contributed by atoms with Crippen molar-refractivity contribution in [2.75, 3.05) is 20.7 Å². The lowest BCUT2D eigenvalue weighted by Crippen LogP contribution is -2.25. The molecule has 0 aliphatic rings. The molecule has 0 aliphatic carbocycles. The highest BCUT2D eigenvalue weighted by Gasteiger charge is 2.12. The average Bonchev–Trinajstić information content (AvgIpc) is 2.35. The van der Waals surface area contributed by atoms with Crippen molar-refractivity contribution in [3.05, 3.63) is 29.6 Å².